The van der Waals surface area contributed by atoms with E-state index in [-0.39, 0.29) is 11.9 Å². The summed E-state index contributed by atoms with van der Waals surface area (Å²) < 4.78 is 13.7. The molecule has 0 amide bonds. The van der Waals surface area contributed by atoms with Crippen molar-refractivity contribution >= 4 is 5.57 Å². The van der Waals surface area contributed by atoms with Crippen LogP contribution < -0.4 is 5.32 Å². The smallest absolute Gasteiger partial charge is 0.123 e. The van der Waals surface area contributed by atoms with Gasteiger partial charge in [-0.2, -0.15) is 0 Å². The largest absolute Gasteiger partial charge is 0.379 e. The van der Waals surface area contributed by atoms with Gasteiger partial charge in [-0.15, -0.1) is 0 Å². The molecule has 3 aliphatic carbocycles. The molecule has 0 saturated heterocycles. The SMILES string of the molecule is C=C/C(=C\C(=C/C)C(=C)NC(C)c1ccc(C(=C2CC3(CCC3)C2)c2ccc(F)cc2)cc1)CC1CCCC1.CCCC(C)(C)C. The molecule has 5 rings (SSSR count). The van der Waals surface area contributed by atoms with Gasteiger partial charge >= 0.3 is 0 Å². The van der Waals surface area contributed by atoms with Crippen LogP contribution in [0.15, 0.2) is 102 Å². The second-order valence-electron chi connectivity index (χ2n) is 15.5. The Morgan fingerprint density at radius 1 is 0.978 bits per heavy atom. The highest BCUT2D eigenvalue weighted by Crippen LogP contribution is 2.60. The number of hydrogen-bond donors (Lipinski definition) is 1. The molecule has 3 saturated carbocycles. The quantitative estimate of drug-likeness (QED) is 0.246. The van der Waals surface area contributed by atoms with E-state index in [1.54, 1.807) is 12.1 Å². The van der Waals surface area contributed by atoms with E-state index in [0.717, 1.165) is 29.2 Å². The van der Waals surface area contributed by atoms with E-state index >= 15 is 0 Å². The fourth-order valence-electron chi connectivity index (χ4n) is 7.66. The van der Waals surface area contributed by atoms with Crippen molar-refractivity contribution in [2.24, 2.45) is 16.7 Å². The van der Waals surface area contributed by atoms with Gasteiger partial charge in [0.1, 0.15) is 5.82 Å². The summed E-state index contributed by atoms with van der Waals surface area (Å²) in [5, 5.41) is 3.63. The number of hydrogen-bond acceptors (Lipinski definition) is 1. The minimum atomic E-state index is -0.184. The van der Waals surface area contributed by atoms with Crippen LogP contribution in [0.1, 0.15) is 141 Å². The summed E-state index contributed by atoms with van der Waals surface area (Å²) in [5.74, 6) is 0.608. The Morgan fingerprint density at radius 3 is 2.02 bits per heavy atom. The fourth-order valence-corrected chi connectivity index (χ4v) is 7.66. The van der Waals surface area contributed by atoms with Gasteiger partial charge in [-0.3, -0.25) is 0 Å². The lowest BCUT2D eigenvalue weighted by Gasteiger charge is -2.52. The van der Waals surface area contributed by atoms with E-state index < -0.39 is 0 Å². The third-order valence-electron chi connectivity index (χ3n) is 10.4. The van der Waals surface area contributed by atoms with Crippen LogP contribution in [0.2, 0.25) is 0 Å². The Labute approximate surface area is 280 Å². The summed E-state index contributed by atoms with van der Waals surface area (Å²) in [6, 6.07) is 16.1. The topological polar surface area (TPSA) is 12.0 Å². The Hall–Kier alpha value is -3.13. The fraction of sp³-hybridized carbons (Fsp3) is 0.500. The van der Waals surface area contributed by atoms with E-state index in [4.69, 9.17) is 0 Å². The summed E-state index contributed by atoms with van der Waals surface area (Å²) in [6.45, 7) is 21.8. The predicted octanol–water partition coefficient (Wildman–Crippen LogP) is 13.2. The Morgan fingerprint density at radius 2 is 1.57 bits per heavy atom. The van der Waals surface area contributed by atoms with Crippen LogP contribution in [0.25, 0.3) is 5.57 Å². The molecule has 0 aliphatic heterocycles. The number of benzene rings is 2. The van der Waals surface area contributed by atoms with Crippen molar-refractivity contribution in [3.63, 3.8) is 0 Å². The molecular formula is C44H60FN. The molecule has 2 aromatic carbocycles. The maximum absolute atomic E-state index is 13.7. The van der Waals surface area contributed by atoms with Crippen LogP contribution in [0.4, 0.5) is 4.39 Å². The molecule has 0 bridgehead atoms. The number of allylic oxidation sites excluding steroid dienone is 5. The molecule has 0 heterocycles. The van der Waals surface area contributed by atoms with Crippen molar-refractivity contribution < 1.29 is 4.39 Å². The summed E-state index contributed by atoms with van der Waals surface area (Å²) in [7, 11) is 0. The highest BCUT2D eigenvalue weighted by molar-refractivity contribution is 5.83. The maximum atomic E-state index is 13.7. The highest BCUT2D eigenvalue weighted by Gasteiger charge is 2.46. The first-order chi connectivity index (χ1) is 22.0. The Kier molecular flexibility index (Phi) is 12.5. The minimum Gasteiger partial charge on any atom is -0.379 e. The van der Waals surface area contributed by atoms with Gasteiger partial charge in [0.05, 0.1) is 0 Å². The van der Waals surface area contributed by atoms with Crippen molar-refractivity contribution in [3.8, 4) is 0 Å². The summed E-state index contributed by atoms with van der Waals surface area (Å²) in [5.41, 5.74) is 10.9. The summed E-state index contributed by atoms with van der Waals surface area (Å²) in [6.07, 6.45) is 22.0. The monoisotopic (exact) mass is 621 g/mol. The molecule has 2 aromatic rings. The van der Waals surface area contributed by atoms with Crippen molar-refractivity contribution in [3.05, 3.63) is 125 Å². The highest BCUT2D eigenvalue weighted by atomic mass is 19.1. The lowest BCUT2D eigenvalue weighted by Crippen LogP contribution is -2.38. The molecule has 1 N–H and O–H groups in total. The van der Waals surface area contributed by atoms with Gasteiger partial charge in [0, 0.05) is 11.7 Å². The average Bonchev–Trinajstić information content (AvgIpc) is 3.49. The van der Waals surface area contributed by atoms with Gasteiger partial charge in [-0.25, -0.2) is 4.39 Å². The number of halogens is 1. The molecule has 0 aromatic heterocycles. The molecule has 1 spiro atoms. The lowest BCUT2D eigenvalue weighted by atomic mass is 9.53. The molecule has 1 unspecified atom stereocenters. The molecular weight excluding hydrogens is 561 g/mol. The van der Waals surface area contributed by atoms with Crippen molar-refractivity contribution in [1.29, 1.82) is 0 Å². The standard InChI is InChI=1S/C37H44FN.C7H16/c1-5-28(22-29-10-7-8-11-29)23-30(6-2)26(3)39-27(4)31-12-14-32(15-13-31)36(33-16-18-35(38)19-17-33)34-24-37(25-34)20-9-21-37;1-5-6-7(2,3)4/h5-6,12-19,23,27,29,39H,1,3,7-11,20-22,24-25H2,2,4H3;5-6H2,1-4H3/b28-23+,30-6+;. The lowest BCUT2D eigenvalue weighted by molar-refractivity contribution is 0.0814. The van der Waals surface area contributed by atoms with Gasteiger partial charge < -0.3 is 5.32 Å². The first-order valence-electron chi connectivity index (χ1n) is 18.0. The van der Waals surface area contributed by atoms with E-state index in [1.165, 1.54) is 98.5 Å². The van der Waals surface area contributed by atoms with Gasteiger partial charge in [0.25, 0.3) is 0 Å². The second-order valence-corrected chi connectivity index (χ2v) is 15.5. The van der Waals surface area contributed by atoms with Crippen LogP contribution in [-0.4, -0.2) is 0 Å². The molecule has 2 heteroatoms. The van der Waals surface area contributed by atoms with Crippen LogP contribution in [0.5, 0.6) is 0 Å². The zero-order valence-corrected chi connectivity index (χ0v) is 29.8. The van der Waals surface area contributed by atoms with Crippen molar-refractivity contribution in [2.45, 2.75) is 125 Å². The van der Waals surface area contributed by atoms with Gasteiger partial charge in [0.2, 0.25) is 0 Å². The molecule has 1 nitrogen and oxygen atoms in total. The van der Waals surface area contributed by atoms with Crippen molar-refractivity contribution in [2.75, 3.05) is 0 Å². The van der Waals surface area contributed by atoms with Crippen LogP contribution >= 0.6 is 0 Å². The van der Waals surface area contributed by atoms with Gasteiger partial charge in [-0.1, -0.05) is 140 Å². The number of rotatable bonds is 11. The Bertz CT molecular complexity index is 1390. The zero-order chi connectivity index (χ0) is 33.3. The molecule has 46 heavy (non-hydrogen) atoms. The van der Waals surface area contributed by atoms with E-state index in [2.05, 4.69) is 96.4 Å². The van der Waals surface area contributed by atoms with E-state index in [0.29, 0.717) is 10.8 Å². The average molecular weight is 622 g/mol. The van der Waals surface area contributed by atoms with Crippen LogP contribution in [0, 0.1) is 22.6 Å². The third-order valence-corrected chi connectivity index (χ3v) is 10.4. The predicted molar refractivity (Wildman–Crippen MR) is 198 cm³/mol. The van der Waals surface area contributed by atoms with Crippen LogP contribution in [0.3, 0.4) is 0 Å². The Balaban J connectivity index is 0.000000617. The minimum absolute atomic E-state index is 0.126. The first-order valence-corrected chi connectivity index (χ1v) is 18.0. The normalized spacial score (nSPS) is 18.6. The molecule has 3 fully saturated rings. The summed E-state index contributed by atoms with van der Waals surface area (Å²) in [4.78, 5) is 0. The summed E-state index contributed by atoms with van der Waals surface area (Å²) >= 11 is 0. The first kappa shape index (κ1) is 35.7. The van der Waals surface area contributed by atoms with Crippen molar-refractivity contribution in [1.82, 2.24) is 5.32 Å². The third kappa shape index (κ3) is 9.69. The molecule has 1 atom stereocenters. The maximum Gasteiger partial charge on any atom is 0.123 e. The molecule has 3 aliphatic rings. The van der Waals surface area contributed by atoms with Gasteiger partial charge in [-0.05, 0) is 115 Å². The van der Waals surface area contributed by atoms with E-state index in [9.17, 15) is 4.39 Å². The second kappa shape index (κ2) is 16.1. The zero-order valence-electron chi connectivity index (χ0n) is 29.8. The number of nitrogens with one attached hydrogen (secondary N) is 1. The van der Waals surface area contributed by atoms with Crippen LogP contribution in [-0.2, 0) is 0 Å². The molecule has 0 radical (unpaired) electrons. The van der Waals surface area contributed by atoms with E-state index in [1.807, 2.05) is 18.2 Å². The van der Waals surface area contributed by atoms with Gasteiger partial charge in [0.15, 0.2) is 0 Å². The molecule has 248 valence electrons.